The molecule has 0 aromatic heterocycles. The van der Waals surface area contributed by atoms with E-state index in [-0.39, 0.29) is 0 Å². The fourth-order valence-corrected chi connectivity index (χ4v) is 2.02. The van der Waals surface area contributed by atoms with Crippen molar-refractivity contribution in [2.75, 3.05) is 6.26 Å². The lowest BCUT2D eigenvalue weighted by Crippen LogP contribution is -1.76. The molecule has 0 saturated carbocycles. The first-order valence-electron chi connectivity index (χ1n) is 3.14. The third-order valence-corrected chi connectivity index (χ3v) is 3.62. The van der Waals surface area contributed by atoms with Gasteiger partial charge in [-0.2, -0.15) is 0 Å². The third-order valence-electron chi connectivity index (χ3n) is 1.11. The predicted octanol–water partition coefficient (Wildman–Crippen LogP) is 3.43. The molecule has 0 nitrogen and oxygen atoms in total. The maximum Gasteiger partial charge on any atom is 0.108 e. The van der Waals surface area contributed by atoms with E-state index in [2.05, 4.69) is 12.1 Å². The molecule has 0 atom stereocenters. The fraction of sp³-hybridized carbons (Fsp3) is 0.125. The second-order valence-electron chi connectivity index (χ2n) is 1.87. The molecule has 0 bridgehead atoms. The van der Waals surface area contributed by atoms with E-state index < -0.39 is 0 Å². The highest BCUT2D eigenvalue weighted by atomic mass is 32.2. The molecule has 0 saturated heterocycles. The summed E-state index contributed by atoms with van der Waals surface area (Å²) in [5, 5.41) is 0. The van der Waals surface area contributed by atoms with Gasteiger partial charge < -0.3 is 0 Å². The lowest BCUT2D eigenvalue weighted by molar-refractivity contribution is 1.48. The number of hydrogen-bond acceptors (Lipinski definition) is 3. The Hall–Kier alpha value is 0.01000. The molecule has 3 heteroatoms. The van der Waals surface area contributed by atoms with Crippen LogP contribution < -0.4 is 0 Å². The summed E-state index contributed by atoms with van der Waals surface area (Å²) in [6.45, 7) is 0. The van der Waals surface area contributed by atoms with Crippen molar-refractivity contribution in [2.45, 2.75) is 4.90 Å². The predicted molar refractivity (Wildman–Crippen MR) is 58.4 cm³/mol. The maximum absolute atomic E-state index is 5.06. The summed E-state index contributed by atoms with van der Waals surface area (Å²) in [6.07, 6.45) is 2.00. The van der Waals surface area contributed by atoms with Gasteiger partial charge in [0, 0.05) is 4.90 Å². The molecule has 0 spiro atoms. The monoisotopic (exact) mass is 200 g/mol. The minimum Gasteiger partial charge on any atom is -0.111 e. The lowest BCUT2D eigenvalue weighted by Gasteiger charge is -1.97. The van der Waals surface area contributed by atoms with Crippen LogP contribution in [-0.4, -0.2) is 9.78 Å². The number of thioether (sulfide) groups is 2. The first-order valence-corrected chi connectivity index (χ1v) is 5.58. The molecule has 11 heavy (non-hydrogen) atoms. The van der Waals surface area contributed by atoms with Gasteiger partial charge in [-0.1, -0.05) is 42.2 Å². The van der Waals surface area contributed by atoms with Gasteiger partial charge in [0.2, 0.25) is 0 Å². The number of rotatable bonds is 1. The first-order chi connectivity index (χ1) is 5.33. The molecule has 0 heterocycles. The van der Waals surface area contributed by atoms with E-state index in [4.69, 9.17) is 12.2 Å². The summed E-state index contributed by atoms with van der Waals surface area (Å²) >= 11 is 8.32. The summed E-state index contributed by atoms with van der Waals surface area (Å²) < 4.78 is 0.969. The molecule has 0 N–H and O–H groups in total. The van der Waals surface area contributed by atoms with Crippen molar-refractivity contribution < 1.29 is 0 Å². The highest BCUT2D eigenvalue weighted by Gasteiger charge is 1.95. The van der Waals surface area contributed by atoms with Gasteiger partial charge in [0.1, 0.15) is 3.53 Å². The van der Waals surface area contributed by atoms with E-state index in [0.29, 0.717) is 0 Å². The Morgan fingerprint density at radius 2 is 1.91 bits per heavy atom. The molecule has 1 aromatic rings. The van der Waals surface area contributed by atoms with Crippen molar-refractivity contribution in [3.05, 3.63) is 30.3 Å². The minimum atomic E-state index is 0.969. The van der Waals surface area contributed by atoms with Gasteiger partial charge in [0.15, 0.2) is 0 Å². The second kappa shape index (κ2) is 4.80. The molecular weight excluding hydrogens is 192 g/mol. The van der Waals surface area contributed by atoms with Crippen LogP contribution in [0.3, 0.4) is 0 Å². The highest BCUT2D eigenvalue weighted by molar-refractivity contribution is 8.47. The highest BCUT2D eigenvalue weighted by Crippen LogP contribution is 2.23. The van der Waals surface area contributed by atoms with E-state index in [1.54, 1.807) is 23.5 Å². The van der Waals surface area contributed by atoms with Crippen LogP contribution in [0.2, 0.25) is 0 Å². The molecule has 1 aromatic carbocycles. The Bertz CT molecular complexity index is 230. The number of thiocarbonyl (C=S) groups is 1. The summed E-state index contributed by atoms with van der Waals surface area (Å²) in [5.41, 5.74) is 0. The van der Waals surface area contributed by atoms with Crippen LogP contribution in [0.5, 0.6) is 0 Å². The topological polar surface area (TPSA) is 0 Å². The van der Waals surface area contributed by atoms with Gasteiger partial charge in [0.05, 0.1) is 0 Å². The van der Waals surface area contributed by atoms with Crippen LogP contribution >= 0.6 is 35.7 Å². The van der Waals surface area contributed by atoms with Gasteiger partial charge in [-0.3, -0.25) is 0 Å². The van der Waals surface area contributed by atoms with Crippen LogP contribution in [-0.2, 0) is 0 Å². The first kappa shape index (κ1) is 9.10. The molecule has 0 aliphatic carbocycles. The zero-order valence-electron chi connectivity index (χ0n) is 6.11. The maximum atomic E-state index is 5.06. The van der Waals surface area contributed by atoms with Gasteiger partial charge in [-0.15, -0.1) is 11.8 Å². The largest absolute Gasteiger partial charge is 0.111 e. The average Bonchev–Trinajstić information content (AvgIpc) is 2.06. The Morgan fingerprint density at radius 1 is 1.27 bits per heavy atom. The molecule has 0 aliphatic rings. The summed E-state index contributed by atoms with van der Waals surface area (Å²) in [7, 11) is 0. The van der Waals surface area contributed by atoms with E-state index in [1.807, 2.05) is 24.5 Å². The van der Waals surface area contributed by atoms with E-state index in [9.17, 15) is 0 Å². The van der Waals surface area contributed by atoms with Crippen molar-refractivity contribution in [3.8, 4) is 0 Å². The van der Waals surface area contributed by atoms with Crippen molar-refractivity contribution in [3.63, 3.8) is 0 Å². The third kappa shape index (κ3) is 3.27. The van der Waals surface area contributed by atoms with Crippen LogP contribution in [0.1, 0.15) is 0 Å². The van der Waals surface area contributed by atoms with Gasteiger partial charge in [0.25, 0.3) is 0 Å². The summed E-state index contributed by atoms with van der Waals surface area (Å²) in [5.74, 6) is 0. The second-order valence-corrected chi connectivity index (χ2v) is 4.95. The lowest BCUT2D eigenvalue weighted by atomic mass is 10.4. The van der Waals surface area contributed by atoms with Crippen LogP contribution in [0.4, 0.5) is 0 Å². The standard InChI is InChI=1S/C8H8S3/c1-10-8(9)11-7-5-3-2-4-6-7/h2-6H,1H3. The molecule has 0 amide bonds. The quantitative estimate of drug-likeness (QED) is 0.503. The summed E-state index contributed by atoms with van der Waals surface area (Å²) in [6, 6.07) is 10.2. The van der Waals surface area contributed by atoms with Crippen LogP contribution in [0.25, 0.3) is 0 Å². The zero-order valence-corrected chi connectivity index (χ0v) is 8.56. The zero-order chi connectivity index (χ0) is 8.10. The number of hydrogen-bond donors (Lipinski definition) is 0. The molecule has 0 fully saturated rings. The molecular formula is C8H8S3. The minimum absolute atomic E-state index is 0.969. The van der Waals surface area contributed by atoms with Crippen LogP contribution in [0, 0.1) is 0 Å². The molecule has 58 valence electrons. The van der Waals surface area contributed by atoms with Crippen molar-refractivity contribution in [1.29, 1.82) is 0 Å². The van der Waals surface area contributed by atoms with E-state index in [1.165, 1.54) is 4.90 Å². The van der Waals surface area contributed by atoms with Gasteiger partial charge in [-0.25, -0.2) is 0 Å². The SMILES string of the molecule is CSC(=S)Sc1ccccc1. The van der Waals surface area contributed by atoms with Crippen molar-refractivity contribution >= 4 is 39.3 Å². The summed E-state index contributed by atoms with van der Waals surface area (Å²) in [4.78, 5) is 1.21. The fourth-order valence-electron chi connectivity index (χ4n) is 0.626. The molecule has 0 unspecified atom stereocenters. The Balaban J connectivity index is 2.58. The van der Waals surface area contributed by atoms with Crippen molar-refractivity contribution in [2.24, 2.45) is 0 Å². The molecule has 0 aliphatic heterocycles. The van der Waals surface area contributed by atoms with E-state index in [0.717, 1.165) is 3.53 Å². The Labute approximate surface area is 80.8 Å². The Morgan fingerprint density at radius 3 is 2.45 bits per heavy atom. The normalized spacial score (nSPS) is 9.55. The molecule has 1 rings (SSSR count). The average molecular weight is 200 g/mol. The van der Waals surface area contributed by atoms with Gasteiger partial charge in [-0.05, 0) is 18.4 Å². The Kier molecular flexibility index (Phi) is 3.97. The van der Waals surface area contributed by atoms with Gasteiger partial charge >= 0.3 is 0 Å². The van der Waals surface area contributed by atoms with Crippen LogP contribution in [0.15, 0.2) is 35.2 Å². The van der Waals surface area contributed by atoms with Crippen molar-refractivity contribution in [1.82, 2.24) is 0 Å². The number of benzene rings is 1. The van der Waals surface area contributed by atoms with E-state index >= 15 is 0 Å². The molecule has 0 radical (unpaired) electrons. The smallest absolute Gasteiger partial charge is 0.108 e.